The van der Waals surface area contributed by atoms with E-state index in [1.807, 2.05) is 0 Å². The highest BCUT2D eigenvalue weighted by Gasteiger charge is 2.42. The van der Waals surface area contributed by atoms with E-state index in [9.17, 15) is 0 Å². The highest BCUT2D eigenvalue weighted by Crippen LogP contribution is 2.42. The van der Waals surface area contributed by atoms with Gasteiger partial charge in [0.05, 0.1) is 6.10 Å². The summed E-state index contributed by atoms with van der Waals surface area (Å²) in [5.74, 6) is 0. The zero-order valence-electron chi connectivity index (χ0n) is 18.8. The minimum atomic E-state index is 0.0742. The van der Waals surface area contributed by atoms with E-state index in [2.05, 4.69) is 83.8 Å². The molecule has 1 aliphatic carbocycles. The second kappa shape index (κ2) is 8.84. The van der Waals surface area contributed by atoms with Crippen molar-refractivity contribution in [3.63, 3.8) is 0 Å². The minimum absolute atomic E-state index is 0.0742. The first-order valence-corrected chi connectivity index (χ1v) is 12.5. The lowest BCUT2D eigenvalue weighted by Crippen LogP contribution is -2.46. The summed E-state index contributed by atoms with van der Waals surface area (Å²) >= 11 is 0. The molecule has 2 bridgehead atoms. The molecular weight excluding hydrogens is 390 g/mol. The van der Waals surface area contributed by atoms with Crippen LogP contribution < -0.4 is 0 Å². The largest absolute Gasteiger partial charge is 0.365 e. The maximum Gasteiger partial charge on any atom is 0.108 e. The van der Waals surface area contributed by atoms with E-state index in [0.29, 0.717) is 18.2 Å². The van der Waals surface area contributed by atoms with E-state index < -0.39 is 0 Å². The predicted molar refractivity (Wildman–Crippen MR) is 130 cm³/mol. The molecule has 2 nitrogen and oxygen atoms in total. The molecule has 2 aliphatic heterocycles. The van der Waals surface area contributed by atoms with Crippen molar-refractivity contribution in [2.75, 3.05) is 6.54 Å². The van der Waals surface area contributed by atoms with Crippen molar-refractivity contribution in [3.05, 3.63) is 107 Å². The molecule has 2 heterocycles. The summed E-state index contributed by atoms with van der Waals surface area (Å²) < 4.78 is 7.03. The van der Waals surface area contributed by atoms with Crippen LogP contribution in [0, 0.1) is 0 Å². The van der Waals surface area contributed by atoms with Gasteiger partial charge in [-0.2, -0.15) is 0 Å². The SMILES string of the molecule is c1ccc(CCN2[C@@H]3CC[C@H]2CC(OC2c4ccccc4CCc4ccccc42)C3)cc1. The summed E-state index contributed by atoms with van der Waals surface area (Å²) in [5.41, 5.74) is 7.14. The van der Waals surface area contributed by atoms with E-state index >= 15 is 0 Å². The number of hydrogen-bond donors (Lipinski definition) is 0. The quantitative estimate of drug-likeness (QED) is 0.489. The van der Waals surface area contributed by atoms with Crippen molar-refractivity contribution in [1.82, 2.24) is 4.90 Å². The topological polar surface area (TPSA) is 12.5 Å². The normalized spacial score (nSPS) is 25.2. The van der Waals surface area contributed by atoms with Gasteiger partial charge in [0.2, 0.25) is 0 Å². The molecule has 164 valence electrons. The molecule has 32 heavy (non-hydrogen) atoms. The number of fused-ring (bicyclic) bond motifs is 4. The molecule has 2 fully saturated rings. The smallest absolute Gasteiger partial charge is 0.108 e. The van der Waals surface area contributed by atoms with E-state index in [1.54, 1.807) is 0 Å². The standard InChI is InChI=1S/C30H33NO/c1-2-8-22(9-3-1)18-19-31-25-16-17-26(31)21-27(20-25)32-30-28-12-6-4-10-23(28)14-15-24-11-5-7-13-29(24)30/h1-13,25-27,30H,14-21H2/t25-,26+,27?. The molecule has 0 aromatic heterocycles. The zero-order valence-corrected chi connectivity index (χ0v) is 18.8. The molecule has 3 atom stereocenters. The first-order valence-electron chi connectivity index (χ1n) is 12.5. The van der Waals surface area contributed by atoms with Crippen LogP contribution in [-0.4, -0.2) is 29.6 Å². The van der Waals surface area contributed by atoms with E-state index in [-0.39, 0.29) is 6.10 Å². The molecule has 3 aromatic rings. The van der Waals surface area contributed by atoms with Gasteiger partial charge in [-0.25, -0.2) is 0 Å². The fourth-order valence-corrected chi connectivity index (χ4v) is 6.41. The number of benzene rings is 3. The third kappa shape index (κ3) is 3.91. The Labute approximate surface area is 192 Å². The Balaban J connectivity index is 1.20. The number of aryl methyl sites for hydroxylation is 2. The number of hydrogen-bond acceptors (Lipinski definition) is 2. The van der Waals surface area contributed by atoms with Gasteiger partial charge in [-0.15, -0.1) is 0 Å². The molecule has 6 rings (SSSR count). The van der Waals surface area contributed by atoms with Crippen LogP contribution in [0.1, 0.15) is 59.6 Å². The van der Waals surface area contributed by atoms with E-state index in [0.717, 1.165) is 19.3 Å². The summed E-state index contributed by atoms with van der Waals surface area (Å²) in [6, 6.07) is 30.2. The Hall–Kier alpha value is -2.42. The summed E-state index contributed by atoms with van der Waals surface area (Å²) in [5, 5.41) is 0. The van der Waals surface area contributed by atoms with Gasteiger partial charge in [-0.3, -0.25) is 4.90 Å². The van der Waals surface area contributed by atoms with Gasteiger partial charge in [-0.1, -0.05) is 78.9 Å². The second-order valence-corrected chi connectivity index (χ2v) is 9.87. The second-order valence-electron chi connectivity index (χ2n) is 9.87. The van der Waals surface area contributed by atoms with Crippen molar-refractivity contribution in [3.8, 4) is 0 Å². The van der Waals surface area contributed by atoms with Crippen LogP contribution in [-0.2, 0) is 24.0 Å². The first kappa shape index (κ1) is 20.2. The lowest BCUT2D eigenvalue weighted by atomic mass is 9.94. The zero-order chi connectivity index (χ0) is 21.3. The lowest BCUT2D eigenvalue weighted by molar-refractivity contribution is -0.0480. The van der Waals surface area contributed by atoms with Crippen molar-refractivity contribution < 1.29 is 4.74 Å². The van der Waals surface area contributed by atoms with Crippen molar-refractivity contribution in [2.24, 2.45) is 0 Å². The number of ether oxygens (including phenoxy) is 1. The molecule has 0 N–H and O–H groups in total. The van der Waals surface area contributed by atoms with Gasteiger partial charge in [0.15, 0.2) is 0 Å². The van der Waals surface area contributed by atoms with Crippen LogP contribution in [0.25, 0.3) is 0 Å². The van der Waals surface area contributed by atoms with Crippen molar-refractivity contribution >= 4 is 0 Å². The summed E-state index contributed by atoms with van der Waals surface area (Å²) in [7, 11) is 0. The van der Waals surface area contributed by atoms with Crippen LogP contribution in [0.15, 0.2) is 78.9 Å². The number of nitrogens with zero attached hydrogens (tertiary/aromatic N) is 1. The third-order valence-corrected chi connectivity index (χ3v) is 8.01. The van der Waals surface area contributed by atoms with Gasteiger partial charge < -0.3 is 4.74 Å². The molecule has 3 aliphatic rings. The minimum Gasteiger partial charge on any atom is -0.365 e. The monoisotopic (exact) mass is 423 g/mol. The molecule has 2 saturated heterocycles. The fraction of sp³-hybridized carbons (Fsp3) is 0.400. The van der Waals surface area contributed by atoms with Gasteiger partial charge in [0.25, 0.3) is 0 Å². The van der Waals surface area contributed by atoms with Crippen LogP contribution in [0.3, 0.4) is 0 Å². The van der Waals surface area contributed by atoms with E-state index in [4.69, 9.17) is 4.74 Å². The summed E-state index contributed by atoms with van der Waals surface area (Å²) in [4.78, 5) is 2.79. The average Bonchev–Trinajstić information content (AvgIpc) is 3.00. The van der Waals surface area contributed by atoms with Crippen molar-refractivity contribution in [2.45, 2.75) is 69.2 Å². The number of piperidine rings is 1. The third-order valence-electron chi connectivity index (χ3n) is 8.01. The first-order chi connectivity index (χ1) is 15.8. The molecule has 0 saturated carbocycles. The Morgan fingerprint density at radius 3 is 1.88 bits per heavy atom. The molecule has 2 heteroatoms. The van der Waals surface area contributed by atoms with Gasteiger partial charge in [0.1, 0.15) is 6.10 Å². The van der Waals surface area contributed by atoms with Gasteiger partial charge in [-0.05, 0) is 72.8 Å². The summed E-state index contributed by atoms with van der Waals surface area (Å²) in [6.45, 7) is 1.18. The van der Waals surface area contributed by atoms with Gasteiger partial charge in [0, 0.05) is 18.6 Å². The summed E-state index contributed by atoms with van der Waals surface area (Å²) in [6.07, 6.45) is 8.80. The Morgan fingerprint density at radius 1 is 0.688 bits per heavy atom. The van der Waals surface area contributed by atoms with Crippen LogP contribution in [0.2, 0.25) is 0 Å². The Bertz CT molecular complexity index is 1000. The van der Waals surface area contributed by atoms with Crippen molar-refractivity contribution in [1.29, 1.82) is 0 Å². The molecule has 0 radical (unpaired) electrons. The Morgan fingerprint density at radius 2 is 1.25 bits per heavy atom. The van der Waals surface area contributed by atoms with E-state index in [1.165, 1.54) is 60.0 Å². The maximum atomic E-state index is 7.03. The molecule has 0 spiro atoms. The van der Waals surface area contributed by atoms with Crippen LogP contribution in [0.4, 0.5) is 0 Å². The lowest BCUT2D eigenvalue weighted by Gasteiger charge is -2.40. The Kier molecular flexibility index (Phi) is 5.58. The molecule has 1 unspecified atom stereocenters. The maximum absolute atomic E-state index is 7.03. The predicted octanol–water partition coefficient (Wildman–Crippen LogP) is 6.13. The highest BCUT2D eigenvalue weighted by molar-refractivity contribution is 5.43. The average molecular weight is 424 g/mol. The van der Waals surface area contributed by atoms with Crippen LogP contribution >= 0.6 is 0 Å². The highest BCUT2D eigenvalue weighted by atomic mass is 16.5. The molecule has 0 amide bonds. The van der Waals surface area contributed by atoms with Crippen LogP contribution in [0.5, 0.6) is 0 Å². The molecule has 3 aromatic carbocycles. The fourth-order valence-electron chi connectivity index (χ4n) is 6.41. The van der Waals surface area contributed by atoms with Gasteiger partial charge >= 0.3 is 0 Å². The molecular formula is C30H33NO. The number of rotatable bonds is 5.